The molecule has 0 N–H and O–H groups in total. The molecular weight excluding hydrogens is 312 g/mol. The lowest BCUT2D eigenvalue weighted by Crippen LogP contribution is -2.28. The van der Waals surface area contributed by atoms with Crippen molar-refractivity contribution in [2.24, 2.45) is 0 Å². The third-order valence-corrected chi connectivity index (χ3v) is 4.55. The molecule has 5 nitrogen and oxygen atoms in total. The van der Waals surface area contributed by atoms with Gasteiger partial charge in [0, 0.05) is 30.0 Å². The van der Waals surface area contributed by atoms with Crippen molar-refractivity contribution in [1.29, 1.82) is 0 Å². The summed E-state index contributed by atoms with van der Waals surface area (Å²) >= 11 is 1.73. The topological polar surface area (TPSA) is 63.5 Å². The molecule has 0 saturated heterocycles. The van der Waals surface area contributed by atoms with Gasteiger partial charge in [0.05, 0.1) is 10.6 Å². The van der Waals surface area contributed by atoms with Crippen molar-refractivity contribution in [3.8, 4) is 0 Å². The second-order valence-electron chi connectivity index (χ2n) is 5.41. The third-order valence-electron chi connectivity index (χ3n) is 3.93. The standard InChI is InChI=1S/C17H16N2O3S/c1-23-11-12-2-4-14(5-3-12)17(20)18-9-8-13-6-7-15(19(21)22)10-16(13)18/h2-7,10H,8-9,11H2,1H3. The van der Waals surface area contributed by atoms with Crippen LogP contribution in [0, 0.1) is 10.1 Å². The molecule has 23 heavy (non-hydrogen) atoms. The van der Waals surface area contributed by atoms with E-state index in [1.165, 1.54) is 17.7 Å². The number of thioether (sulfide) groups is 1. The number of nitro benzene ring substituents is 1. The van der Waals surface area contributed by atoms with Gasteiger partial charge >= 0.3 is 0 Å². The van der Waals surface area contributed by atoms with Crippen molar-refractivity contribution in [3.63, 3.8) is 0 Å². The summed E-state index contributed by atoms with van der Waals surface area (Å²) in [7, 11) is 0. The number of benzene rings is 2. The molecule has 0 bridgehead atoms. The van der Waals surface area contributed by atoms with Crippen LogP contribution in [-0.2, 0) is 12.2 Å². The number of carbonyl (C=O) groups excluding carboxylic acids is 1. The third kappa shape index (κ3) is 3.07. The molecule has 0 fully saturated rings. The van der Waals surface area contributed by atoms with Crippen LogP contribution < -0.4 is 4.90 Å². The van der Waals surface area contributed by atoms with Gasteiger partial charge in [0.2, 0.25) is 0 Å². The molecule has 1 amide bonds. The largest absolute Gasteiger partial charge is 0.308 e. The fourth-order valence-corrected chi connectivity index (χ4v) is 3.28. The summed E-state index contributed by atoms with van der Waals surface area (Å²) in [4.78, 5) is 24.9. The highest BCUT2D eigenvalue weighted by Crippen LogP contribution is 2.32. The van der Waals surface area contributed by atoms with E-state index in [0.29, 0.717) is 17.8 Å². The van der Waals surface area contributed by atoms with Gasteiger partial charge in [0.1, 0.15) is 0 Å². The predicted molar refractivity (Wildman–Crippen MR) is 92.1 cm³/mol. The Hall–Kier alpha value is -2.34. The summed E-state index contributed by atoms with van der Waals surface area (Å²) in [5.41, 5.74) is 3.42. The number of nitrogens with zero attached hydrogens (tertiary/aromatic N) is 2. The van der Waals surface area contributed by atoms with Gasteiger partial charge < -0.3 is 4.90 Å². The fraction of sp³-hybridized carbons (Fsp3) is 0.235. The summed E-state index contributed by atoms with van der Waals surface area (Å²) in [6.07, 6.45) is 2.76. The Bertz CT molecular complexity index is 759. The highest BCUT2D eigenvalue weighted by atomic mass is 32.2. The molecule has 2 aromatic rings. The Morgan fingerprint density at radius 2 is 2.00 bits per heavy atom. The molecule has 0 aliphatic carbocycles. The monoisotopic (exact) mass is 328 g/mol. The van der Waals surface area contributed by atoms with Crippen LogP contribution in [0.2, 0.25) is 0 Å². The fourth-order valence-electron chi connectivity index (χ4n) is 2.76. The number of fused-ring (bicyclic) bond motifs is 1. The Balaban J connectivity index is 1.87. The van der Waals surface area contributed by atoms with Gasteiger partial charge in [-0.2, -0.15) is 11.8 Å². The van der Waals surface area contributed by atoms with E-state index < -0.39 is 4.92 Å². The molecule has 0 aromatic heterocycles. The lowest BCUT2D eigenvalue weighted by atomic mass is 10.1. The highest BCUT2D eigenvalue weighted by Gasteiger charge is 2.27. The average Bonchev–Trinajstić information content (AvgIpc) is 2.98. The zero-order valence-electron chi connectivity index (χ0n) is 12.7. The molecule has 1 aliphatic rings. The normalized spacial score (nSPS) is 13.0. The minimum atomic E-state index is -0.432. The SMILES string of the molecule is CSCc1ccc(C(=O)N2CCc3ccc([N+](=O)[O-])cc32)cc1. The molecule has 0 radical (unpaired) electrons. The van der Waals surface area contributed by atoms with Crippen molar-refractivity contribution in [1.82, 2.24) is 0 Å². The molecule has 118 valence electrons. The van der Waals surface area contributed by atoms with Crippen LogP contribution in [0.1, 0.15) is 21.5 Å². The maximum absolute atomic E-state index is 12.7. The molecule has 0 unspecified atom stereocenters. The van der Waals surface area contributed by atoms with Gasteiger partial charge in [-0.1, -0.05) is 18.2 Å². The van der Waals surface area contributed by atoms with Crippen molar-refractivity contribution < 1.29 is 9.72 Å². The summed E-state index contributed by atoms with van der Waals surface area (Å²) < 4.78 is 0. The lowest BCUT2D eigenvalue weighted by Gasteiger charge is -2.17. The van der Waals surface area contributed by atoms with E-state index in [1.54, 1.807) is 22.7 Å². The number of nitro groups is 1. The number of non-ortho nitro benzene ring substituents is 1. The van der Waals surface area contributed by atoms with E-state index in [9.17, 15) is 14.9 Å². The van der Waals surface area contributed by atoms with E-state index >= 15 is 0 Å². The van der Waals surface area contributed by atoms with Crippen molar-refractivity contribution in [2.45, 2.75) is 12.2 Å². The predicted octanol–water partition coefficient (Wildman–Crippen LogP) is 3.66. The number of hydrogen-bond donors (Lipinski definition) is 0. The summed E-state index contributed by atoms with van der Waals surface area (Å²) in [6.45, 7) is 0.557. The van der Waals surface area contributed by atoms with Crippen molar-refractivity contribution >= 4 is 29.0 Å². The maximum Gasteiger partial charge on any atom is 0.271 e. The Labute approximate surface area is 138 Å². The summed E-state index contributed by atoms with van der Waals surface area (Å²) in [5.74, 6) is 0.799. The summed E-state index contributed by atoms with van der Waals surface area (Å²) in [5, 5.41) is 10.9. The molecule has 0 saturated carbocycles. The zero-order valence-corrected chi connectivity index (χ0v) is 13.5. The van der Waals surface area contributed by atoms with Crippen LogP contribution in [0.3, 0.4) is 0 Å². The first-order chi connectivity index (χ1) is 11.1. The minimum absolute atomic E-state index is 0.0127. The first kappa shape index (κ1) is 15.6. The van der Waals surface area contributed by atoms with Crippen LogP contribution in [0.4, 0.5) is 11.4 Å². The van der Waals surface area contributed by atoms with Crippen LogP contribution in [-0.4, -0.2) is 23.6 Å². The van der Waals surface area contributed by atoms with Gasteiger partial charge in [0.25, 0.3) is 11.6 Å². The molecule has 2 aromatic carbocycles. The average molecular weight is 328 g/mol. The molecule has 3 rings (SSSR count). The van der Waals surface area contributed by atoms with E-state index in [1.807, 2.05) is 30.5 Å². The van der Waals surface area contributed by atoms with Crippen molar-refractivity contribution in [3.05, 3.63) is 69.3 Å². The first-order valence-corrected chi connectivity index (χ1v) is 8.66. The second kappa shape index (κ2) is 6.42. The smallest absolute Gasteiger partial charge is 0.271 e. The molecule has 1 aliphatic heterocycles. The van der Waals surface area contributed by atoms with Gasteiger partial charge in [0.15, 0.2) is 0 Å². The lowest BCUT2D eigenvalue weighted by molar-refractivity contribution is -0.384. The van der Waals surface area contributed by atoms with Gasteiger partial charge in [-0.3, -0.25) is 14.9 Å². The van der Waals surface area contributed by atoms with E-state index in [2.05, 4.69) is 0 Å². The number of hydrogen-bond acceptors (Lipinski definition) is 4. The molecule has 6 heteroatoms. The van der Waals surface area contributed by atoms with Crippen LogP contribution in [0.15, 0.2) is 42.5 Å². The van der Waals surface area contributed by atoms with Crippen LogP contribution >= 0.6 is 11.8 Å². The first-order valence-electron chi connectivity index (χ1n) is 7.27. The van der Waals surface area contributed by atoms with Crippen molar-refractivity contribution in [2.75, 3.05) is 17.7 Å². The van der Waals surface area contributed by atoms with E-state index in [0.717, 1.165) is 17.7 Å². The molecule has 0 spiro atoms. The number of amides is 1. The summed E-state index contributed by atoms with van der Waals surface area (Å²) in [6, 6.07) is 12.3. The highest BCUT2D eigenvalue weighted by molar-refractivity contribution is 7.97. The van der Waals surface area contributed by atoms with E-state index in [-0.39, 0.29) is 11.6 Å². The quantitative estimate of drug-likeness (QED) is 0.635. The van der Waals surface area contributed by atoms with E-state index in [4.69, 9.17) is 0 Å². The number of rotatable bonds is 4. The van der Waals surface area contributed by atoms with Gasteiger partial charge in [-0.15, -0.1) is 0 Å². The maximum atomic E-state index is 12.7. The van der Waals surface area contributed by atoms with Gasteiger partial charge in [-0.25, -0.2) is 0 Å². The molecular formula is C17H16N2O3S. The zero-order chi connectivity index (χ0) is 16.4. The van der Waals surface area contributed by atoms with Crippen LogP contribution in [0.25, 0.3) is 0 Å². The second-order valence-corrected chi connectivity index (χ2v) is 6.27. The van der Waals surface area contributed by atoms with Crippen LogP contribution in [0.5, 0.6) is 0 Å². The Kier molecular flexibility index (Phi) is 4.34. The molecule has 0 atom stereocenters. The Morgan fingerprint density at radius 3 is 2.65 bits per heavy atom. The number of anilines is 1. The minimum Gasteiger partial charge on any atom is -0.308 e. The molecule has 1 heterocycles. The Morgan fingerprint density at radius 1 is 1.26 bits per heavy atom. The van der Waals surface area contributed by atoms with Gasteiger partial charge in [-0.05, 0) is 35.9 Å². The number of carbonyl (C=O) groups is 1.